The van der Waals surface area contributed by atoms with Gasteiger partial charge in [-0.05, 0) is 29.7 Å². The third-order valence-electron chi connectivity index (χ3n) is 4.73. The van der Waals surface area contributed by atoms with Crippen LogP contribution >= 0.6 is 22.9 Å². The van der Waals surface area contributed by atoms with Crippen molar-refractivity contribution in [2.75, 3.05) is 40.6 Å². The molecule has 1 aliphatic rings. The van der Waals surface area contributed by atoms with Gasteiger partial charge in [0, 0.05) is 30.1 Å². The first-order valence-corrected chi connectivity index (χ1v) is 10.7. The highest BCUT2D eigenvalue weighted by Gasteiger charge is 2.33. The molecule has 0 saturated carbocycles. The van der Waals surface area contributed by atoms with E-state index in [2.05, 4.69) is 0 Å². The second-order valence-corrected chi connectivity index (χ2v) is 8.21. The van der Waals surface area contributed by atoms with Gasteiger partial charge >= 0.3 is 11.9 Å². The van der Waals surface area contributed by atoms with Crippen molar-refractivity contribution in [1.29, 1.82) is 0 Å². The van der Waals surface area contributed by atoms with Gasteiger partial charge in [-0.15, -0.1) is 11.3 Å². The summed E-state index contributed by atoms with van der Waals surface area (Å²) in [5.74, 6) is -0.813. The van der Waals surface area contributed by atoms with Gasteiger partial charge in [0.2, 0.25) is 0 Å². The normalized spacial score (nSPS) is 14.8. The largest absolute Gasteiger partial charge is 0.468 e. The van der Waals surface area contributed by atoms with E-state index >= 15 is 0 Å². The number of benzene rings is 1. The van der Waals surface area contributed by atoms with Crippen LogP contribution < -0.4 is 4.74 Å². The fourth-order valence-corrected chi connectivity index (χ4v) is 4.58. The van der Waals surface area contributed by atoms with E-state index in [1.807, 2.05) is 29.2 Å². The van der Waals surface area contributed by atoms with E-state index in [1.165, 1.54) is 18.4 Å². The zero-order chi connectivity index (χ0) is 21.5. The third-order valence-corrected chi connectivity index (χ3v) is 6.19. The average molecular weight is 454 g/mol. The fraction of sp³-hybridized carbons (Fsp3) is 0.429. The Kier molecular flexibility index (Phi) is 8.24. The maximum atomic E-state index is 12.6. The molecule has 1 aliphatic heterocycles. The summed E-state index contributed by atoms with van der Waals surface area (Å²) in [6.07, 6.45) is 0.736. The smallest absolute Gasteiger partial charge is 0.338 e. The van der Waals surface area contributed by atoms with E-state index in [0.717, 1.165) is 16.9 Å². The molecule has 7 nitrogen and oxygen atoms in total. The molecule has 0 spiro atoms. The number of halogens is 1. The topological polar surface area (TPSA) is 74.3 Å². The van der Waals surface area contributed by atoms with Crippen LogP contribution in [0, 0.1) is 0 Å². The summed E-state index contributed by atoms with van der Waals surface area (Å²) in [6, 6.07) is 8.52. The van der Waals surface area contributed by atoms with Crippen LogP contribution in [0.4, 0.5) is 0 Å². The Bertz CT molecular complexity index is 886. The van der Waals surface area contributed by atoms with Crippen molar-refractivity contribution in [2.45, 2.75) is 19.0 Å². The van der Waals surface area contributed by atoms with Crippen molar-refractivity contribution in [1.82, 2.24) is 4.90 Å². The fourth-order valence-electron chi connectivity index (χ4n) is 3.32. The van der Waals surface area contributed by atoms with Gasteiger partial charge in [-0.1, -0.05) is 29.8 Å². The lowest BCUT2D eigenvalue weighted by Gasteiger charge is -2.33. The molecule has 0 fully saturated rings. The molecule has 9 heteroatoms. The van der Waals surface area contributed by atoms with Gasteiger partial charge in [0.1, 0.15) is 12.6 Å². The number of fused-ring (bicyclic) bond motifs is 1. The molecule has 1 atom stereocenters. The lowest BCUT2D eigenvalue weighted by atomic mass is 10.0. The molecule has 1 aromatic carbocycles. The second-order valence-electron chi connectivity index (χ2n) is 6.70. The standard InChI is InChI=1S/C21H24ClNO6S/c1-26-9-10-28-13-18(24)29-19-11-14-12-23(8-7-17(14)30-19)20(21(25)27-2)15-5-3-4-6-16(15)22/h3-6,11,20H,7-10,12-13H2,1-2H3. The lowest BCUT2D eigenvalue weighted by Crippen LogP contribution is -2.38. The maximum absolute atomic E-state index is 12.6. The Labute approximate surface area is 184 Å². The molecule has 162 valence electrons. The van der Waals surface area contributed by atoms with E-state index in [-0.39, 0.29) is 12.6 Å². The van der Waals surface area contributed by atoms with E-state index in [1.54, 1.807) is 13.2 Å². The van der Waals surface area contributed by atoms with Crippen LogP contribution in [0.15, 0.2) is 30.3 Å². The number of methoxy groups -OCH3 is 2. The Hall–Kier alpha value is -1.97. The molecule has 2 heterocycles. The van der Waals surface area contributed by atoms with Gasteiger partial charge in [0.05, 0.1) is 20.3 Å². The zero-order valence-corrected chi connectivity index (χ0v) is 18.5. The summed E-state index contributed by atoms with van der Waals surface area (Å²) in [5, 5.41) is 1.04. The summed E-state index contributed by atoms with van der Waals surface area (Å²) in [4.78, 5) is 27.7. The van der Waals surface area contributed by atoms with Crippen LogP contribution in [0.5, 0.6) is 5.06 Å². The molecule has 0 amide bonds. The highest BCUT2D eigenvalue weighted by Crippen LogP contribution is 2.37. The molecule has 0 aliphatic carbocycles. The van der Waals surface area contributed by atoms with Gasteiger partial charge in [-0.2, -0.15) is 0 Å². The van der Waals surface area contributed by atoms with E-state index in [9.17, 15) is 9.59 Å². The summed E-state index contributed by atoms with van der Waals surface area (Å²) in [7, 11) is 2.94. The third kappa shape index (κ3) is 5.59. The summed E-state index contributed by atoms with van der Waals surface area (Å²) in [6.45, 7) is 1.81. The number of hydrogen-bond donors (Lipinski definition) is 0. The molecule has 0 bridgehead atoms. The molecule has 3 rings (SSSR count). The minimum Gasteiger partial charge on any atom is -0.468 e. The Morgan fingerprint density at radius 1 is 1.23 bits per heavy atom. The predicted octanol–water partition coefficient (Wildman–Crippen LogP) is 3.24. The van der Waals surface area contributed by atoms with Gasteiger partial charge < -0.3 is 18.9 Å². The molecule has 0 saturated heterocycles. The van der Waals surface area contributed by atoms with Gasteiger partial charge in [-0.25, -0.2) is 9.59 Å². The number of carbonyl (C=O) groups excluding carboxylic acids is 2. The highest BCUT2D eigenvalue weighted by atomic mass is 35.5. The second kappa shape index (κ2) is 10.9. The van der Waals surface area contributed by atoms with Crippen molar-refractivity contribution in [3.05, 3.63) is 51.4 Å². The number of carbonyl (C=O) groups is 2. The van der Waals surface area contributed by atoms with Crippen molar-refractivity contribution >= 4 is 34.9 Å². The van der Waals surface area contributed by atoms with Gasteiger partial charge in [-0.3, -0.25) is 4.90 Å². The van der Waals surface area contributed by atoms with Crippen molar-refractivity contribution in [3.8, 4) is 5.06 Å². The molecule has 30 heavy (non-hydrogen) atoms. The van der Waals surface area contributed by atoms with Gasteiger partial charge in [0.25, 0.3) is 0 Å². The number of thiophene rings is 1. The number of hydrogen-bond acceptors (Lipinski definition) is 8. The Morgan fingerprint density at radius 3 is 2.77 bits per heavy atom. The van der Waals surface area contributed by atoms with Crippen molar-refractivity contribution in [2.24, 2.45) is 0 Å². The van der Waals surface area contributed by atoms with E-state index in [4.69, 9.17) is 30.5 Å². The maximum Gasteiger partial charge on any atom is 0.338 e. The van der Waals surface area contributed by atoms with Gasteiger partial charge in [0.15, 0.2) is 5.06 Å². The Morgan fingerprint density at radius 2 is 2.03 bits per heavy atom. The molecular formula is C21H24ClNO6S. The Balaban J connectivity index is 1.69. The molecule has 1 aromatic heterocycles. The first kappa shape index (κ1) is 22.7. The summed E-state index contributed by atoms with van der Waals surface area (Å²) < 4.78 is 20.5. The van der Waals surface area contributed by atoms with Crippen LogP contribution in [-0.2, 0) is 36.8 Å². The van der Waals surface area contributed by atoms with Crippen LogP contribution in [0.2, 0.25) is 5.02 Å². The monoisotopic (exact) mass is 453 g/mol. The first-order valence-electron chi connectivity index (χ1n) is 9.48. The minimum atomic E-state index is -0.600. The van der Waals surface area contributed by atoms with E-state index in [0.29, 0.717) is 42.0 Å². The van der Waals surface area contributed by atoms with Crippen LogP contribution in [0.25, 0.3) is 0 Å². The molecular weight excluding hydrogens is 430 g/mol. The SMILES string of the molecule is COCCOCC(=O)Oc1cc2c(s1)CCN(C(C(=O)OC)c1ccccc1Cl)C2. The highest BCUT2D eigenvalue weighted by molar-refractivity contribution is 7.14. The first-order chi connectivity index (χ1) is 14.5. The number of esters is 2. The number of ether oxygens (including phenoxy) is 4. The molecule has 0 radical (unpaired) electrons. The van der Waals surface area contributed by atoms with Crippen LogP contribution in [0.1, 0.15) is 22.0 Å². The van der Waals surface area contributed by atoms with Crippen molar-refractivity contribution in [3.63, 3.8) is 0 Å². The quantitative estimate of drug-likeness (QED) is 0.426. The molecule has 1 unspecified atom stereocenters. The summed E-state index contributed by atoms with van der Waals surface area (Å²) in [5.41, 5.74) is 1.74. The average Bonchev–Trinajstić information content (AvgIpc) is 3.14. The zero-order valence-electron chi connectivity index (χ0n) is 16.9. The van der Waals surface area contributed by atoms with Crippen LogP contribution in [0.3, 0.4) is 0 Å². The predicted molar refractivity (Wildman–Crippen MR) is 113 cm³/mol. The molecule has 2 aromatic rings. The van der Waals surface area contributed by atoms with E-state index < -0.39 is 12.0 Å². The minimum absolute atomic E-state index is 0.130. The van der Waals surface area contributed by atoms with Crippen LogP contribution in [-0.4, -0.2) is 57.4 Å². The lowest BCUT2D eigenvalue weighted by molar-refractivity contribution is -0.147. The number of rotatable bonds is 9. The number of nitrogens with zero attached hydrogens (tertiary/aromatic N) is 1. The molecule has 0 N–H and O–H groups in total. The van der Waals surface area contributed by atoms with Crippen molar-refractivity contribution < 1.29 is 28.5 Å². The summed E-state index contributed by atoms with van der Waals surface area (Å²) >= 11 is 7.79.